The van der Waals surface area contributed by atoms with Gasteiger partial charge in [0.15, 0.2) is 0 Å². The number of fused-ring (bicyclic) bond motifs is 1. The SMILES string of the molecule is COc1ccc(C(=O)N2CCN(C(=O)c3cc4ccc(OC)cc4[nH]3)CC2)cc1. The number of amides is 2. The number of methoxy groups -OCH3 is 2. The number of piperazine rings is 1. The predicted molar refractivity (Wildman–Crippen MR) is 110 cm³/mol. The monoisotopic (exact) mass is 393 g/mol. The summed E-state index contributed by atoms with van der Waals surface area (Å²) in [5.74, 6) is 1.37. The number of nitrogens with one attached hydrogen (secondary N) is 1. The lowest BCUT2D eigenvalue weighted by Gasteiger charge is -2.34. The summed E-state index contributed by atoms with van der Waals surface area (Å²) >= 11 is 0. The topological polar surface area (TPSA) is 74.9 Å². The fourth-order valence-electron chi connectivity index (χ4n) is 3.55. The molecule has 0 saturated carbocycles. The number of nitrogens with zero attached hydrogens (tertiary/aromatic N) is 2. The number of carbonyl (C=O) groups excluding carboxylic acids is 2. The van der Waals surface area contributed by atoms with Crippen LogP contribution in [0.3, 0.4) is 0 Å². The van der Waals surface area contributed by atoms with Crippen molar-refractivity contribution >= 4 is 22.7 Å². The second kappa shape index (κ2) is 7.87. The molecule has 0 unspecified atom stereocenters. The summed E-state index contributed by atoms with van der Waals surface area (Å²) in [4.78, 5) is 32.3. The summed E-state index contributed by atoms with van der Waals surface area (Å²) in [5, 5.41) is 0.961. The number of aromatic amines is 1. The zero-order chi connectivity index (χ0) is 20.4. The largest absolute Gasteiger partial charge is 0.497 e. The van der Waals surface area contributed by atoms with Gasteiger partial charge in [0.05, 0.1) is 14.2 Å². The molecule has 4 rings (SSSR count). The molecule has 2 aromatic carbocycles. The second-order valence-corrected chi connectivity index (χ2v) is 6.95. The highest BCUT2D eigenvalue weighted by atomic mass is 16.5. The molecule has 1 N–H and O–H groups in total. The summed E-state index contributed by atoms with van der Waals surface area (Å²) in [5.41, 5.74) is 2.03. The van der Waals surface area contributed by atoms with Crippen molar-refractivity contribution in [2.24, 2.45) is 0 Å². The molecule has 0 spiro atoms. The smallest absolute Gasteiger partial charge is 0.270 e. The number of rotatable bonds is 4. The number of aromatic nitrogens is 1. The van der Waals surface area contributed by atoms with Crippen molar-refractivity contribution in [2.45, 2.75) is 0 Å². The Kier molecular flexibility index (Phi) is 5.12. The van der Waals surface area contributed by atoms with Crippen molar-refractivity contribution in [3.8, 4) is 11.5 Å². The fraction of sp³-hybridized carbons (Fsp3) is 0.273. The summed E-state index contributed by atoms with van der Waals surface area (Å²) < 4.78 is 10.4. The molecule has 0 atom stereocenters. The Balaban J connectivity index is 1.41. The predicted octanol–water partition coefficient (Wildman–Crippen LogP) is 2.78. The zero-order valence-electron chi connectivity index (χ0n) is 16.5. The third kappa shape index (κ3) is 3.76. The molecule has 2 heterocycles. The lowest BCUT2D eigenvalue weighted by molar-refractivity contribution is 0.0533. The van der Waals surface area contributed by atoms with E-state index < -0.39 is 0 Å². The Bertz CT molecular complexity index is 1030. The van der Waals surface area contributed by atoms with Gasteiger partial charge in [-0.2, -0.15) is 0 Å². The van der Waals surface area contributed by atoms with Crippen LogP contribution in [0.1, 0.15) is 20.8 Å². The zero-order valence-corrected chi connectivity index (χ0v) is 16.5. The minimum atomic E-state index is -0.0586. The van der Waals surface area contributed by atoms with Crippen LogP contribution < -0.4 is 9.47 Å². The van der Waals surface area contributed by atoms with Crippen molar-refractivity contribution in [2.75, 3.05) is 40.4 Å². The second-order valence-electron chi connectivity index (χ2n) is 6.95. The number of hydrogen-bond acceptors (Lipinski definition) is 4. The number of ether oxygens (including phenoxy) is 2. The van der Waals surface area contributed by atoms with E-state index in [1.807, 2.05) is 24.3 Å². The van der Waals surface area contributed by atoms with Crippen LogP contribution >= 0.6 is 0 Å². The highest BCUT2D eigenvalue weighted by Crippen LogP contribution is 2.22. The first kappa shape index (κ1) is 18.9. The molecule has 0 bridgehead atoms. The molecule has 1 aliphatic heterocycles. The molecule has 7 nitrogen and oxygen atoms in total. The molecular weight excluding hydrogens is 370 g/mol. The third-order valence-electron chi connectivity index (χ3n) is 5.25. The van der Waals surface area contributed by atoms with E-state index in [9.17, 15) is 9.59 Å². The summed E-state index contributed by atoms with van der Waals surface area (Å²) in [7, 11) is 3.21. The molecule has 29 heavy (non-hydrogen) atoms. The first-order chi connectivity index (χ1) is 14.1. The van der Waals surface area contributed by atoms with Crippen LogP contribution in [0.2, 0.25) is 0 Å². The average Bonchev–Trinajstić information content (AvgIpc) is 3.21. The van der Waals surface area contributed by atoms with E-state index in [-0.39, 0.29) is 11.8 Å². The highest BCUT2D eigenvalue weighted by Gasteiger charge is 2.26. The molecule has 1 aromatic heterocycles. The lowest BCUT2D eigenvalue weighted by Crippen LogP contribution is -2.50. The molecule has 2 amide bonds. The average molecular weight is 393 g/mol. The Labute approximate surface area is 168 Å². The first-order valence-electron chi connectivity index (χ1n) is 9.48. The van der Waals surface area contributed by atoms with Gasteiger partial charge in [0, 0.05) is 48.7 Å². The van der Waals surface area contributed by atoms with Crippen LogP contribution in [-0.2, 0) is 0 Å². The quantitative estimate of drug-likeness (QED) is 0.740. The van der Waals surface area contributed by atoms with Crippen molar-refractivity contribution in [1.29, 1.82) is 0 Å². The molecule has 1 aliphatic rings. The van der Waals surface area contributed by atoms with E-state index in [0.717, 1.165) is 16.7 Å². The van der Waals surface area contributed by atoms with E-state index >= 15 is 0 Å². The van der Waals surface area contributed by atoms with E-state index in [2.05, 4.69) is 4.98 Å². The Morgan fingerprint density at radius 3 is 2.00 bits per heavy atom. The number of H-pyrrole nitrogens is 1. The minimum Gasteiger partial charge on any atom is -0.497 e. The van der Waals surface area contributed by atoms with Crippen molar-refractivity contribution in [1.82, 2.24) is 14.8 Å². The van der Waals surface area contributed by atoms with E-state index in [1.165, 1.54) is 0 Å². The van der Waals surface area contributed by atoms with Crippen LogP contribution in [0.25, 0.3) is 10.9 Å². The third-order valence-corrected chi connectivity index (χ3v) is 5.25. The van der Waals surface area contributed by atoms with Gasteiger partial charge in [-0.1, -0.05) is 0 Å². The normalized spacial score (nSPS) is 14.1. The lowest BCUT2D eigenvalue weighted by atomic mass is 10.1. The highest BCUT2D eigenvalue weighted by molar-refractivity contribution is 5.99. The molecular formula is C22H23N3O4. The van der Waals surface area contributed by atoms with Crippen LogP contribution in [0.5, 0.6) is 11.5 Å². The molecule has 150 valence electrons. The number of benzene rings is 2. The molecule has 3 aromatic rings. The number of hydrogen-bond donors (Lipinski definition) is 1. The van der Waals surface area contributed by atoms with E-state index in [4.69, 9.17) is 9.47 Å². The van der Waals surface area contributed by atoms with Gasteiger partial charge in [0.1, 0.15) is 17.2 Å². The maximum atomic E-state index is 12.9. The van der Waals surface area contributed by atoms with Crippen LogP contribution in [0, 0.1) is 0 Å². The number of carbonyl (C=O) groups is 2. The van der Waals surface area contributed by atoms with Gasteiger partial charge in [-0.05, 0) is 42.5 Å². The standard InChI is InChI=1S/C22H23N3O4/c1-28-17-6-3-15(4-7-17)21(26)24-9-11-25(12-10-24)22(27)20-13-16-5-8-18(29-2)14-19(16)23-20/h3-8,13-14,23H,9-12H2,1-2H3. The molecule has 0 radical (unpaired) electrons. The van der Waals surface area contributed by atoms with Gasteiger partial charge in [-0.3, -0.25) is 9.59 Å². The summed E-state index contributed by atoms with van der Waals surface area (Å²) in [6.45, 7) is 2.01. The van der Waals surface area contributed by atoms with Crippen LogP contribution in [0.4, 0.5) is 0 Å². The first-order valence-corrected chi connectivity index (χ1v) is 9.48. The van der Waals surface area contributed by atoms with E-state index in [0.29, 0.717) is 43.2 Å². The van der Waals surface area contributed by atoms with Gasteiger partial charge < -0.3 is 24.3 Å². The van der Waals surface area contributed by atoms with E-state index in [1.54, 1.807) is 48.3 Å². The Hall–Kier alpha value is -3.48. The van der Waals surface area contributed by atoms with Gasteiger partial charge in [0.2, 0.25) is 0 Å². The van der Waals surface area contributed by atoms with Gasteiger partial charge >= 0.3 is 0 Å². The van der Waals surface area contributed by atoms with Crippen molar-refractivity contribution < 1.29 is 19.1 Å². The maximum Gasteiger partial charge on any atom is 0.270 e. The van der Waals surface area contributed by atoms with Gasteiger partial charge in [0.25, 0.3) is 11.8 Å². The fourth-order valence-corrected chi connectivity index (χ4v) is 3.55. The summed E-state index contributed by atoms with van der Waals surface area (Å²) in [6, 6.07) is 14.6. The van der Waals surface area contributed by atoms with Gasteiger partial charge in [-0.25, -0.2) is 0 Å². The maximum absolute atomic E-state index is 12.9. The van der Waals surface area contributed by atoms with Gasteiger partial charge in [-0.15, -0.1) is 0 Å². The molecule has 1 fully saturated rings. The molecule has 7 heteroatoms. The van der Waals surface area contributed by atoms with Crippen molar-refractivity contribution in [3.05, 3.63) is 59.8 Å². The minimum absolute atomic E-state index is 0.0301. The van der Waals surface area contributed by atoms with Crippen molar-refractivity contribution in [3.63, 3.8) is 0 Å². The van der Waals surface area contributed by atoms with Crippen LogP contribution in [0.15, 0.2) is 48.5 Å². The molecule has 1 saturated heterocycles. The Morgan fingerprint density at radius 1 is 0.793 bits per heavy atom. The van der Waals surface area contributed by atoms with Crippen LogP contribution in [-0.4, -0.2) is 67.0 Å². The molecule has 0 aliphatic carbocycles. The summed E-state index contributed by atoms with van der Waals surface area (Å²) in [6.07, 6.45) is 0. The Morgan fingerprint density at radius 2 is 1.38 bits per heavy atom.